The van der Waals surface area contributed by atoms with Crippen molar-refractivity contribution in [3.05, 3.63) is 54.2 Å². The highest BCUT2D eigenvalue weighted by Crippen LogP contribution is 2.27. The van der Waals surface area contributed by atoms with Gasteiger partial charge in [-0.2, -0.15) is 0 Å². The van der Waals surface area contributed by atoms with E-state index in [4.69, 9.17) is 9.47 Å². The van der Waals surface area contributed by atoms with Crippen LogP contribution in [-0.4, -0.2) is 34.3 Å². The van der Waals surface area contributed by atoms with E-state index in [2.05, 4.69) is 10.3 Å². The van der Waals surface area contributed by atoms with Crippen molar-refractivity contribution in [3.63, 3.8) is 0 Å². The van der Waals surface area contributed by atoms with Crippen LogP contribution in [0.1, 0.15) is 5.69 Å². The van der Waals surface area contributed by atoms with Crippen molar-refractivity contribution < 1.29 is 14.6 Å². The van der Waals surface area contributed by atoms with Crippen molar-refractivity contribution in [2.24, 2.45) is 0 Å². The van der Waals surface area contributed by atoms with Crippen LogP contribution in [0.25, 0.3) is 16.9 Å². The standard InChI is InChI=1S/C17H17N3O3/c1-22-14-7-3-12(4-8-14)17-16(11-21)18-19-20(17)13-5-9-15(23-2)10-6-13/h3-10,21H,11H2,1-2H3. The topological polar surface area (TPSA) is 69.4 Å². The zero-order valence-electron chi connectivity index (χ0n) is 12.9. The van der Waals surface area contributed by atoms with E-state index in [1.165, 1.54) is 0 Å². The van der Waals surface area contributed by atoms with Crippen LogP contribution in [0.3, 0.4) is 0 Å². The normalized spacial score (nSPS) is 10.6. The van der Waals surface area contributed by atoms with Crippen LogP contribution in [0, 0.1) is 0 Å². The van der Waals surface area contributed by atoms with Crippen molar-refractivity contribution >= 4 is 0 Å². The Morgan fingerprint density at radius 3 is 2.00 bits per heavy atom. The second-order valence-electron chi connectivity index (χ2n) is 4.88. The predicted octanol–water partition coefficient (Wildman–Crippen LogP) is 2.44. The third kappa shape index (κ3) is 2.89. The van der Waals surface area contributed by atoms with Crippen molar-refractivity contribution in [2.45, 2.75) is 6.61 Å². The number of hydrogen-bond acceptors (Lipinski definition) is 5. The van der Waals surface area contributed by atoms with E-state index < -0.39 is 0 Å². The number of aromatic nitrogens is 3. The first-order valence-electron chi connectivity index (χ1n) is 7.11. The fraction of sp³-hybridized carbons (Fsp3) is 0.176. The van der Waals surface area contributed by atoms with Crippen LogP contribution in [0.2, 0.25) is 0 Å². The molecule has 0 unspecified atom stereocenters. The molecule has 0 spiro atoms. The maximum absolute atomic E-state index is 9.56. The number of hydrogen-bond donors (Lipinski definition) is 1. The van der Waals surface area contributed by atoms with Crippen LogP contribution in [0.4, 0.5) is 0 Å². The summed E-state index contributed by atoms with van der Waals surface area (Å²) in [6.45, 7) is -0.183. The average molecular weight is 311 g/mol. The maximum Gasteiger partial charge on any atom is 0.119 e. The van der Waals surface area contributed by atoms with Gasteiger partial charge in [0.2, 0.25) is 0 Å². The summed E-state index contributed by atoms with van der Waals surface area (Å²) >= 11 is 0. The molecule has 0 atom stereocenters. The minimum atomic E-state index is -0.183. The summed E-state index contributed by atoms with van der Waals surface area (Å²) in [7, 11) is 3.24. The fourth-order valence-corrected chi connectivity index (χ4v) is 2.36. The van der Waals surface area contributed by atoms with E-state index >= 15 is 0 Å². The lowest BCUT2D eigenvalue weighted by Gasteiger charge is -2.09. The zero-order chi connectivity index (χ0) is 16.2. The number of aliphatic hydroxyl groups excluding tert-OH is 1. The molecule has 0 aliphatic heterocycles. The Bertz CT molecular complexity index is 780. The molecule has 23 heavy (non-hydrogen) atoms. The molecule has 6 nitrogen and oxygen atoms in total. The van der Waals surface area contributed by atoms with Crippen LogP contribution < -0.4 is 9.47 Å². The highest BCUT2D eigenvalue weighted by atomic mass is 16.5. The van der Waals surface area contributed by atoms with E-state index in [1.807, 2.05) is 48.5 Å². The van der Waals surface area contributed by atoms with Gasteiger partial charge in [0.15, 0.2) is 0 Å². The number of benzene rings is 2. The van der Waals surface area contributed by atoms with Crippen LogP contribution in [-0.2, 0) is 6.61 Å². The Hall–Kier alpha value is -2.86. The SMILES string of the molecule is COc1ccc(-c2c(CO)nnn2-c2ccc(OC)cc2)cc1. The zero-order valence-corrected chi connectivity index (χ0v) is 12.9. The smallest absolute Gasteiger partial charge is 0.119 e. The summed E-state index contributed by atoms with van der Waals surface area (Å²) in [5.74, 6) is 1.53. The Balaban J connectivity index is 2.08. The molecule has 3 rings (SSSR count). The van der Waals surface area contributed by atoms with Gasteiger partial charge in [-0.15, -0.1) is 5.10 Å². The number of methoxy groups -OCH3 is 2. The molecule has 0 radical (unpaired) electrons. The molecule has 0 saturated carbocycles. The minimum Gasteiger partial charge on any atom is -0.497 e. The number of aliphatic hydroxyl groups is 1. The van der Waals surface area contributed by atoms with Gasteiger partial charge in [0, 0.05) is 5.56 Å². The first kappa shape index (κ1) is 15.1. The Kier molecular flexibility index (Phi) is 4.25. The van der Waals surface area contributed by atoms with Gasteiger partial charge >= 0.3 is 0 Å². The molecule has 0 amide bonds. The molecule has 2 aromatic carbocycles. The van der Waals surface area contributed by atoms with E-state index in [9.17, 15) is 5.11 Å². The highest BCUT2D eigenvalue weighted by molar-refractivity contribution is 5.65. The molecule has 0 bridgehead atoms. The molecular weight excluding hydrogens is 294 g/mol. The van der Waals surface area contributed by atoms with Crippen molar-refractivity contribution in [3.8, 4) is 28.4 Å². The first-order valence-corrected chi connectivity index (χ1v) is 7.11. The third-order valence-corrected chi connectivity index (χ3v) is 3.57. The van der Waals surface area contributed by atoms with E-state index in [0.29, 0.717) is 5.69 Å². The maximum atomic E-state index is 9.56. The molecule has 6 heteroatoms. The van der Waals surface area contributed by atoms with Gasteiger partial charge in [-0.25, -0.2) is 4.68 Å². The molecular formula is C17H17N3O3. The monoisotopic (exact) mass is 311 g/mol. The van der Waals surface area contributed by atoms with Crippen LogP contribution in [0.15, 0.2) is 48.5 Å². The van der Waals surface area contributed by atoms with E-state index in [0.717, 1.165) is 28.4 Å². The number of nitrogens with zero attached hydrogens (tertiary/aromatic N) is 3. The fourth-order valence-electron chi connectivity index (χ4n) is 2.36. The first-order chi connectivity index (χ1) is 11.3. The summed E-state index contributed by atoms with van der Waals surface area (Å²) in [4.78, 5) is 0. The van der Waals surface area contributed by atoms with E-state index in [-0.39, 0.29) is 6.61 Å². The van der Waals surface area contributed by atoms with Gasteiger partial charge in [-0.1, -0.05) is 5.21 Å². The lowest BCUT2D eigenvalue weighted by Crippen LogP contribution is -2.00. The largest absolute Gasteiger partial charge is 0.497 e. The summed E-state index contributed by atoms with van der Waals surface area (Å²) in [5, 5.41) is 17.8. The lowest BCUT2D eigenvalue weighted by atomic mass is 10.1. The summed E-state index contributed by atoms with van der Waals surface area (Å²) < 4.78 is 12.1. The molecule has 0 aliphatic carbocycles. The molecule has 1 N–H and O–H groups in total. The highest BCUT2D eigenvalue weighted by Gasteiger charge is 2.15. The van der Waals surface area contributed by atoms with Gasteiger partial charge < -0.3 is 14.6 Å². The Morgan fingerprint density at radius 1 is 0.913 bits per heavy atom. The Morgan fingerprint density at radius 2 is 1.48 bits per heavy atom. The second kappa shape index (κ2) is 6.50. The minimum absolute atomic E-state index is 0.183. The van der Waals surface area contributed by atoms with Gasteiger partial charge in [0.05, 0.1) is 26.5 Å². The molecule has 0 aliphatic rings. The molecule has 118 valence electrons. The average Bonchev–Trinajstić information content (AvgIpc) is 3.06. The van der Waals surface area contributed by atoms with Crippen molar-refractivity contribution in [2.75, 3.05) is 14.2 Å². The van der Waals surface area contributed by atoms with E-state index in [1.54, 1.807) is 18.9 Å². The number of rotatable bonds is 5. The van der Waals surface area contributed by atoms with Crippen molar-refractivity contribution in [1.82, 2.24) is 15.0 Å². The summed E-state index contributed by atoms with van der Waals surface area (Å²) in [6.07, 6.45) is 0. The molecule has 1 heterocycles. The summed E-state index contributed by atoms with van der Waals surface area (Å²) in [6, 6.07) is 15.0. The molecule has 0 fully saturated rings. The summed E-state index contributed by atoms with van der Waals surface area (Å²) in [5.41, 5.74) is 3.01. The predicted molar refractivity (Wildman–Crippen MR) is 85.8 cm³/mol. The number of ether oxygens (including phenoxy) is 2. The van der Waals surface area contributed by atoms with Crippen LogP contribution in [0.5, 0.6) is 11.5 Å². The quantitative estimate of drug-likeness (QED) is 0.784. The van der Waals surface area contributed by atoms with Gasteiger partial charge in [-0.3, -0.25) is 0 Å². The molecule has 1 aromatic heterocycles. The van der Waals surface area contributed by atoms with Crippen LogP contribution >= 0.6 is 0 Å². The van der Waals surface area contributed by atoms with Crippen molar-refractivity contribution in [1.29, 1.82) is 0 Å². The third-order valence-electron chi connectivity index (χ3n) is 3.57. The van der Waals surface area contributed by atoms with Gasteiger partial charge in [-0.05, 0) is 48.5 Å². The molecule has 0 saturated heterocycles. The van der Waals surface area contributed by atoms with Gasteiger partial charge in [0.25, 0.3) is 0 Å². The lowest BCUT2D eigenvalue weighted by molar-refractivity contribution is 0.277. The van der Waals surface area contributed by atoms with Gasteiger partial charge in [0.1, 0.15) is 22.9 Å². The molecule has 3 aromatic rings. The Labute approximate surface area is 133 Å². The second-order valence-corrected chi connectivity index (χ2v) is 4.88.